The first kappa shape index (κ1) is 12.3. The van der Waals surface area contributed by atoms with Crippen molar-refractivity contribution < 1.29 is 13.2 Å². The molecule has 0 fully saturated rings. The number of nitrogens with zero attached hydrogens (tertiary/aromatic N) is 1. The van der Waals surface area contributed by atoms with Gasteiger partial charge in [-0.3, -0.25) is 4.79 Å². The number of hydrogen-bond donors (Lipinski definition) is 1. The maximum Gasteiger partial charge on any atom is 0.416 e. The van der Waals surface area contributed by atoms with Gasteiger partial charge in [0.1, 0.15) is 5.82 Å². The topological polar surface area (TPSA) is 45.8 Å². The third-order valence-electron chi connectivity index (χ3n) is 2.35. The second-order valence-electron chi connectivity index (χ2n) is 3.76. The average Bonchev–Trinajstić information content (AvgIpc) is 2.28. The van der Waals surface area contributed by atoms with Gasteiger partial charge in [-0.15, -0.1) is 0 Å². The monoisotopic (exact) mass is 254 g/mol. The summed E-state index contributed by atoms with van der Waals surface area (Å²) < 4.78 is 37.5. The van der Waals surface area contributed by atoms with Crippen molar-refractivity contribution in [1.82, 2.24) is 9.97 Å². The molecule has 0 amide bonds. The Morgan fingerprint density at radius 1 is 1.22 bits per heavy atom. The van der Waals surface area contributed by atoms with Crippen molar-refractivity contribution in [1.29, 1.82) is 0 Å². The lowest BCUT2D eigenvalue weighted by Gasteiger charge is -2.08. The average molecular weight is 254 g/mol. The Hall–Kier alpha value is -2.11. The summed E-state index contributed by atoms with van der Waals surface area (Å²) in [6.07, 6.45) is -2.89. The molecular formula is C12H9F3N2O. The van der Waals surface area contributed by atoms with Crippen LogP contribution in [-0.4, -0.2) is 9.97 Å². The number of nitrogens with one attached hydrogen (secondary N) is 1. The van der Waals surface area contributed by atoms with E-state index in [1.165, 1.54) is 18.3 Å². The standard InChI is InChI=1S/C12H9F3N2O/c13-12(14,15)9-3-1-2-8(6-9)7-10-16-5-4-11(18)17-10/h1-6H,7H2,(H,16,17,18). The molecule has 94 valence electrons. The van der Waals surface area contributed by atoms with E-state index in [-0.39, 0.29) is 12.0 Å². The molecule has 2 aromatic rings. The van der Waals surface area contributed by atoms with Crippen molar-refractivity contribution in [2.45, 2.75) is 12.6 Å². The van der Waals surface area contributed by atoms with E-state index in [2.05, 4.69) is 9.97 Å². The van der Waals surface area contributed by atoms with Crippen molar-refractivity contribution >= 4 is 0 Å². The molecule has 2 rings (SSSR count). The van der Waals surface area contributed by atoms with Crippen LogP contribution in [0.25, 0.3) is 0 Å². The Morgan fingerprint density at radius 3 is 2.67 bits per heavy atom. The van der Waals surface area contributed by atoms with E-state index in [0.29, 0.717) is 11.4 Å². The largest absolute Gasteiger partial charge is 0.416 e. The Morgan fingerprint density at radius 2 is 2.00 bits per heavy atom. The lowest BCUT2D eigenvalue weighted by atomic mass is 10.1. The molecule has 18 heavy (non-hydrogen) atoms. The minimum absolute atomic E-state index is 0.153. The maximum atomic E-state index is 12.5. The van der Waals surface area contributed by atoms with Crippen molar-refractivity contribution in [3.63, 3.8) is 0 Å². The van der Waals surface area contributed by atoms with E-state index in [4.69, 9.17) is 0 Å². The fraction of sp³-hybridized carbons (Fsp3) is 0.167. The summed E-state index contributed by atoms with van der Waals surface area (Å²) in [6, 6.07) is 6.19. The van der Waals surface area contributed by atoms with Crippen LogP contribution in [-0.2, 0) is 12.6 Å². The van der Waals surface area contributed by atoms with Crippen LogP contribution in [0.4, 0.5) is 13.2 Å². The SMILES string of the molecule is O=c1ccnc(Cc2cccc(C(F)(F)F)c2)[nH]1. The minimum atomic E-state index is -4.37. The lowest BCUT2D eigenvalue weighted by Crippen LogP contribution is -2.10. The summed E-state index contributed by atoms with van der Waals surface area (Å²) in [7, 11) is 0. The highest BCUT2D eigenvalue weighted by atomic mass is 19.4. The highest BCUT2D eigenvalue weighted by Crippen LogP contribution is 2.29. The van der Waals surface area contributed by atoms with Crippen LogP contribution >= 0.6 is 0 Å². The second-order valence-corrected chi connectivity index (χ2v) is 3.76. The van der Waals surface area contributed by atoms with Gasteiger partial charge in [0.25, 0.3) is 5.56 Å². The molecular weight excluding hydrogens is 245 g/mol. The molecule has 0 atom stereocenters. The van der Waals surface area contributed by atoms with Crippen LogP contribution in [0.15, 0.2) is 41.3 Å². The zero-order chi connectivity index (χ0) is 13.2. The zero-order valence-corrected chi connectivity index (χ0v) is 9.16. The lowest BCUT2D eigenvalue weighted by molar-refractivity contribution is -0.137. The summed E-state index contributed by atoms with van der Waals surface area (Å²) in [5.74, 6) is 0.335. The molecule has 1 aromatic heterocycles. The first-order valence-corrected chi connectivity index (χ1v) is 5.15. The summed E-state index contributed by atoms with van der Waals surface area (Å²) in [4.78, 5) is 17.4. The molecule has 0 unspecified atom stereocenters. The number of benzene rings is 1. The number of hydrogen-bond acceptors (Lipinski definition) is 2. The van der Waals surface area contributed by atoms with Crippen molar-refractivity contribution in [3.05, 3.63) is 63.8 Å². The number of H-pyrrole nitrogens is 1. The van der Waals surface area contributed by atoms with Crippen LogP contribution in [0.3, 0.4) is 0 Å². The molecule has 0 aliphatic rings. The number of halogens is 3. The Balaban J connectivity index is 2.27. The van der Waals surface area contributed by atoms with E-state index in [0.717, 1.165) is 12.1 Å². The normalized spacial score (nSPS) is 11.5. The summed E-state index contributed by atoms with van der Waals surface area (Å²) >= 11 is 0. The van der Waals surface area contributed by atoms with Crippen LogP contribution < -0.4 is 5.56 Å². The summed E-state index contributed by atoms with van der Waals surface area (Å²) in [6.45, 7) is 0. The zero-order valence-electron chi connectivity index (χ0n) is 9.16. The summed E-state index contributed by atoms with van der Waals surface area (Å²) in [5, 5.41) is 0. The molecule has 0 aliphatic carbocycles. The van der Waals surface area contributed by atoms with E-state index < -0.39 is 11.7 Å². The van der Waals surface area contributed by atoms with Crippen molar-refractivity contribution in [2.75, 3.05) is 0 Å². The van der Waals surface area contributed by atoms with E-state index in [1.54, 1.807) is 6.07 Å². The predicted molar refractivity (Wildman–Crippen MR) is 59.1 cm³/mol. The molecule has 0 saturated heterocycles. The van der Waals surface area contributed by atoms with Gasteiger partial charge in [0.15, 0.2) is 0 Å². The van der Waals surface area contributed by atoms with E-state index in [1.807, 2.05) is 0 Å². The fourth-order valence-electron chi connectivity index (χ4n) is 1.55. The smallest absolute Gasteiger partial charge is 0.310 e. The number of aromatic amines is 1. The van der Waals surface area contributed by atoms with Gasteiger partial charge in [-0.05, 0) is 11.6 Å². The first-order chi connectivity index (χ1) is 8.45. The quantitative estimate of drug-likeness (QED) is 0.894. The Labute approximate surface area is 100 Å². The molecule has 1 N–H and O–H groups in total. The maximum absolute atomic E-state index is 12.5. The molecule has 0 spiro atoms. The number of rotatable bonds is 2. The Kier molecular flexibility index (Phi) is 3.18. The van der Waals surface area contributed by atoms with E-state index >= 15 is 0 Å². The van der Waals surface area contributed by atoms with Gasteiger partial charge >= 0.3 is 6.18 Å². The molecule has 1 aromatic carbocycles. The molecule has 0 radical (unpaired) electrons. The molecule has 0 bridgehead atoms. The van der Waals surface area contributed by atoms with Gasteiger partial charge < -0.3 is 4.98 Å². The highest BCUT2D eigenvalue weighted by Gasteiger charge is 2.30. The second kappa shape index (κ2) is 4.64. The predicted octanol–water partition coefficient (Wildman–Crippen LogP) is 2.38. The van der Waals surface area contributed by atoms with Crippen molar-refractivity contribution in [3.8, 4) is 0 Å². The van der Waals surface area contributed by atoms with E-state index in [9.17, 15) is 18.0 Å². The first-order valence-electron chi connectivity index (χ1n) is 5.15. The molecule has 6 heteroatoms. The molecule has 3 nitrogen and oxygen atoms in total. The van der Waals surface area contributed by atoms with Gasteiger partial charge in [0.2, 0.25) is 0 Å². The van der Waals surface area contributed by atoms with Crippen LogP contribution in [0.2, 0.25) is 0 Å². The number of aromatic nitrogens is 2. The fourth-order valence-corrected chi connectivity index (χ4v) is 1.55. The molecule has 1 heterocycles. The van der Waals surface area contributed by atoms with Gasteiger partial charge in [-0.1, -0.05) is 18.2 Å². The van der Waals surface area contributed by atoms with Crippen LogP contribution in [0, 0.1) is 0 Å². The van der Waals surface area contributed by atoms with Crippen LogP contribution in [0.1, 0.15) is 17.0 Å². The van der Waals surface area contributed by atoms with Gasteiger partial charge in [-0.2, -0.15) is 13.2 Å². The molecule has 0 saturated carbocycles. The number of alkyl halides is 3. The van der Waals surface area contributed by atoms with Gasteiger partial charge in [0, 0.05) is 18.7 Å². The third-order valence-corrected chi connectivity index (χ3v) is 2.35. The van der Waals surface area contributed by atoms with Gasteiger partial charge in [-0.25, -0.2) is 4.98 Å². The molecule has 0 aliphatic heterocycles. The third kappa shape index (κ3) is 2.97. The Bertz CT molecular complexity index is 605. The highest BCUT2D eigenvalue weighted by molar-refractivity contribution is 5.27. The van der Waals surface area contributed by atoms with Crippen LogP contribution in [0.5, 0.6) is 0 Å². The summed E-state index contributed by atoms with van der Waals surface area (Å²) in [5.41, 5.74) is -0.593. The van der Waals surface area contributed by atoms with Gasteiger partial charge in [0.05, 0.1) is 5.56 Å². The minimum Gasteiger partial charge on any atom is -0.310 e. The van der Waals surface area contributed by atoms with Crippen molar-refractivity contribution in [2.24, 2.45) is 0 Å².